The summed E-state index contributed by atoms with van der Waals surface area (Å²) in [6, 6.07) is 0.327. The number of aliphatic hydroxyl groups is 1. The highest BCUT2D eigenvalue weighted by Crippen LogP contribution is 2.16. The van der Waals surface area contributed by atoms with Crippen molar-refractivity contribution < 1.29 is 9.90 Å². The normalized spacial score (nSPS) is 22.4. The molecule has 0 bridgehead atoms. The van der Waals surface area contributed by atoms with Crippen LogP contribution >= 0.6 is 0 Å². The highest BCUT2D eigenvalue weighted by molar-refractivity contribution is 5.73. The molecule has 1 rings (SSSR count). The maximum absolute atomic E-state index is 11.3. The van der Waals surface area contributed by atoms with Crippen molar-refractivity contribution in [1.82, 2.24) is 10.2 Å². The Kier molecular flexibility index (Phi) is 4.90. The molecule has 1 saturated heterocycles. The number of rotatable bonds is 4. The molecule has 0 aromatic carbocycles. The van der Waals surface area contributed by atoms with Crippen LogP contribution in [-0.4, -0.2) is 48.2 Å². The first kappa shape index (κ1) is 11.5. The Bertz CT molecular complexity index is 185. The first-order valence-electron chi connectivity index (χ1n) is 5.34. The second-order valence-electron chi connectivity index (χ2n) is 3.79. The standard InChI is InChI=1S/C10H20N2O2/c1-9(14)12-6-3-2-4-10(12)8-11-5-7-13/h10-11,13H,2-8H2,1H3. The second-order valence-corrected chi connectivity index (χ2v) is 3.79. The van der Waals surface area contributed by atoms with Gasteiger partial charge in [0.25, 0.3) is 0 Å². The third-order valence-electron chi connectivity index (χ3n) is 2.70. The minimum atomic E-state index is 0.160. The smallest absolute Gasteiger partial charge is 0.219 e. The largest absolute Gasteiger partial charge is 0.395 e. The first-order chi connectivity index (χ1) is 6.75. The lowest BCUT2D eigenvalue weighted by atomic mass is 10.0. The summed E-state index contributed by atoms with van der Waals surface area (Å²) in [5, 5.41) is 11.8. The molecular weight excluding hydrogens is 180 g/mol. The van der Waals surface area contributed by atoms with Crippen LogP contribution in [0.15, 0.2) is 0 Å². The van der Waals surface area contributed by atoms with E-state index < -0.39 is 0 Å². The number of hydrogen-bond donors (Lipinski definition) is 2. The van der Waals surface area contributed by atoms with Gasteiger partial charge in [-0.3, -0.25) is 4.79 Å². The van der Waals surface area contributed by atoms with Crippen LogP contribution in [0.3, 0.4) is 0 Å². The van der Waals surface area contributed by atoms with Crippen LogP contribution in [0, 0.1) is 0 Å². The molecule has 1 aliphatic rings. The van der Waals surface area contributed by atoms with Crippen LogP contribution in [0.25, 0.3) is 0 Å². The SMILES string of the molecule is CC(=O)N1CCCCC1CNCCO. The zero-order chi connectivity index (χ0) is 10.4. The van der Waals surface area contributed by atoms with Gasteiger partial charge in [-0.05, 0) is 19.3 Å². The second kappa shape index (κ2) is 5.98. The van der Waals surface area contributed by atoms with Crippen molar-refractivity contribution in [3.05, 3.63) is 0 Å². The fourth-order valence-corrected chi connectivity index (χ4v) is 1.98. The van der Waals surface area contributed by atoms with E-state index in [0.717, 1.165) is 25.9 Å². The fraction of sp³-hybridized carbons (Fsp3) is 0.900. The van der Waals surface area contributed by atoms with Gasteiger partial charge in [-0.15, -0.1) is 0 Å². The number of aliphatic hydroxyl groups excluding tert-OH is 1. The van der Waals surface area contributed by atoms with Crippen molar-refractivity contribution in [1.29, 1.82) is 0 Å². The lowest BCUT2D eigenvalue weighted by Gasteiger charge is -2.35. The summed E-state index contributed by atoms with van der Waals surface area (Å²) in [5.74, 6) is 0.167. The average molecular weight is 200 g/mol. The van der Waals surface area contributed by atoms with E-state index in [1.807, 2.05) is 4.90 Å². The average Bonchev–Trinajstić information content (AvgIpc) is 2.19. The lowest BCUT2D eigenvalue weighted by molar-refractivity contribution is -0.132. The predicted octanol–water partition coefficient (Wildman–Crippen LogP) is -0.0307. The molecule has 0 spiro atoms. The van der Waals surface area contributed by atoms with Crippen molar-refractivity contribution >= 4 is 5.91 Å². The van der Waals surface area contributed by atoms with Crippen molar-refractivity contribution in [2.75, 3.05) is 26.2 Å². The third kappa shape index (κ3) is 3.27. The molecule has 1 unspecified atom stereocenters. The number of piperidine rings is 1. The molecule has 82 valence electrons. The summed E-state index contributed by atoms with van der Waals surface area (Å²) < 4.78 is 0. The minimum Gasteiger partial charge on any atom is -0.395 e. The predicted molar refractivity (Wildman–Crippen MR) is 55.0 cm³/mol. The third-order valence-corrected chi connectivity index (χ3v) is 2.70. The molecule has 1 fully saturated rings. The Balaban J connectivity index is 2.34. The molecule has 0 aromatic heterocycles. The number of carbonyl (C=O) groups excluding carboxylic acids is 1. The summed E-state index contributed by atoms with van der Waals surface area (Å²) in [7, 11) is 0. The van der Waals surface area contributed by atoms with Crippen LogP contribution < -0.4 is 5.32 Å². The molecule has 4 nitrogen and oxygen atoms in total. The van der Waals surface area contributed by atoms with Crippen LogP contribution in [-0.2, 0) is 4.79 Å². The molecule has 1 amide bonds. The minimum absolute atomic E-state index is 0.160. The van der Waals surface area contributed by atoms with Gasteiger partial charge in [0.2, 0.25) is 5.91 Å². The monoisotopic (exact) mass is 200 g/mol. The van der Waals surface area contributed by atoms with Crippen molar-refractivity contribution in [2.24, 2.45) is 0 Å². The molecule has 2 N–H and O–H groups in total. The van der Waals surface area contributed by atoms with E-state index in [1.165, 1.54) is 6.42 Å². The highest BCUT2D eigenvalue weighted by atomic mass is 16.3. The van der Waals surface area contributed by atoms with Gasteiger partial charge in [0.15, 0.2) is 0 Å². The number of likely N-dealkylation sites (tertiary alicyclic amines) is 1. The number of amides is 1. The molecule has 1 heterocycles. The highest BCUT2D eigenvalue weighted by Gasteiger charge is 2.23. The molecule has 1 aliphatic heterocycles. The van der Waals surface area contributed by atoms with E-state index in [9.17, 15) is 4.79 Å². The van der Waals surface area contributed by atoms with E-state index in [-0.39, 0.29) is 12.5 Å². The Labute approximate surface area is 85.3 Å². The zero-order valence-electron chi connectivity index (χ0n) is 8.83. The summed E-state index contributed by atoms with van der Waals surface area (Å²) in [4.78, 5) is 13.2. The summed E-state index contributed by atoms with van der Waals surface area (Å²) in [5.41, 5.74) is 0. The number of nitrogens with zero attached hydrogens (tertiary/aromatic N) is 1. The molecular formula is C10H20N2O2. The molecule has 4 heteroatoms. The quantitative estimate of drug-likeness (QED) is 0.627. The van der Waals surface area contributed by atoms with E-state index >= 15 is 0 Å². The van der Waals surface area contributed by atoms with Gasteiger partial charge in [-0.25, -0.2) is 0 Å². The van der Waals surface area contributed by atoms with Gasteiger partial charge >= 0.3 is 0 Å². The Morgan fingerprint density at radius 1 is 1.57 bits per heavy atom. The van der Waals surface area contributed by atoms with Gasteiger partial charge in [0, 0.05) is 32.6 Å². The van der Waals surface area contributed by atoms with Gasteiger partial charge in [0.1, 0.15) is 0 Å². The maximum Gasteiger partial charge on any atom is 0.219 e. The topological polar surface area (TPSA) is 52.6 Å². The summed E-state index contributed by atoms with van der Waals surface area (Å²) >= 11 is 0. The molecule has 14 heavy (non-hydrogen) atoms. The van der Waals surface area contributed by atoms with Crippen LogP contribution in [0.1, 0.15) is 26.2 Å². The van der Waals surface area contributed by atoms with E-state index in [1.54, 1.807) is 6.92 Å². The van der Waals surface area contributed by atoms with Crippen molar-refractivity contribution in [3.63, 3.8) is 0 Å². The Morgan fingerprint density at radius 3 is 3.00 bits per heavy atom. The van der Waals surface area contributed by atoms with E-state index in [4.69, 9.17) is 5.11 Å². The van der Waals surface area contributed by atoms with Gasteiger partial charge < -0.3 is 15.3 Å². The van der Waals surface area contributed by atoms with Gasteiger partial charge in [0.05, 0.1) is 6.61 Å². The Hall–Kier alpha value is -0.610. The summed E-state index contributed by atoms with van der Waals surface area (Å²) in [6.45, 7) is 4.10. The van der Waals surface area contributed by atoms with Gasteiger partial charge in [-0.1, -0.05) is 0 Å². The number of nitrogens with one attached hydrogen (secondary N) is 1. The number of carbonyl (C=O) groups is 1. The first-order valence-corrected chi connectivity index (χ1v) is 5.34. The van der Waals surface area contributed by atoms with E-state index in [0.29, 0.717) is 12.6 Å². The molecule has 1 atom stereocenters. The van der Waals surface area contributed by atoms with Crippen molar-refractivity contribution in [3.8, 4) is 0 Å². The zero-order valence-corrected chi connectivity index (χ0v) is 8.83. The van der Waals surface area contributed by atoms with E-state index in [2.05, 4.69) is 5.32 Å². The Morgan fingerprint density at radius 2 is 2.36 bits per heavy atom. The molecule has 0 saturated carbocycles. The lowest BCUT2D eigenvalue weighted by Crippen LogP contribution is -2.48. The van der Waals surface area contributed by atoms with Crippen LogP contribution in [0.5, 0.6) is 0 Å². The fourth-order valence-electron chi connectivity index (χ4n) is 1.98. The molecule has 0 radical (unpaired) electrons. The number of hydrogen-bond acceptors (Lipinski definition) is 3. The van der Waals surface area contributed by atoms with Crippen LogP contribution in [0.2, 0.25) is 0 Å². The molecule has 0 aliphatic carbocycles. The summed E-state index contributed by atoms with van der Waals surface area (Å²) in [6.07, 6.45) is 3.41. The van der Waals surface area contributed by atoms with Gasteiger partial charge in [-0.2, -0.15) is 0 Å². The van der Waals surface area contributed by atoms with Crippen LogP contribution in [0.4, 0.5) is 0 Å². The maximum atomic E-state index is 11.3. The molecule has 0 aromatic rings. The van der Waals surface area contributed by atoms with Crippen molar-refractivity contribution in [2.45, 2.75) is 32.2 Å².